The Morgan fingerprint density at radius 3 is 2.47 bits per heavy atom. The number of hydrogen-bond donors (Lipinski definition) is 1. The van der Waals surface area contributed by atoms with Gasteiger partial charge in [0.1, 0.15) is 0 Å². The van der Waals surface area contributed by atoms with E-state index in [1.165, 1.54) is 31.4 Å². The van der Waals surface area contributed by atoms with E-state index in [1.54, 1.807) is 0 Å². The summed E-state index contributed by atoms with van der Waals surface area (Å²) in [5, 5.41) is 0. The number of thioether (sulfide) groups is 1. The lowest BCUT2D eigenvalue weighted by Gasteiger charge is -2.32. The lowest BCUT2D eigenvalue weighted by molar-refractivity contribution is 0.173. The number of nitrogens with two attached hydrogens (primary N) is 1. The van der Waals surface area contributed by atoms with Crippen molar-refractivity contribution in [1.82, 2.24) is 4.90 Å². The van der Waals surface area contributed by atoms with E-state index < -0.39 is 0 Å². The van der Waals surface area contributed by atoms with E-state index in [2.05, 4.69) is 32.1 Å². The Morgan fingerprint density at radius 1 is 1.33 bits per heavy atom. The van der Waals surface area contributed by atoms with E-state index in [1.807, 2.05) is 11.8 Å². The summed E-state index contributed by atoms with van der Waals surface area (Å²) in [4.78, 5) is 2.46. The second kappa shape index (κ2) is 9.49. The summed E-state index contributed by atoms with van der Waals surface area (Å²) >= 11 is 1.93. The van der Waals surface area contributed by atoms with Crippen LogP contribution in [0.2, 0.25) is 0 Å². The van der Waals surface area contributed by atoms with E-state index in [0.717, 1.165) is 6.54 Å². The standard InChI is InChI=1S/C12H28N2S/c1-5-6-7-12(10-13)14(3)11(2)8-9-15-4/h11-12H,5-10,13H2,1-4H3. The molecule has 2 nitrogen and oxygen atoms in total. The molecule has 2 N–H and O–H groups in total. The topological polar surface area (TPSA) is 29.3 Å². The Bertz CT molecular complexity index is 142. The molecule has 0 bridgehead atoms. The van der Waals surface area contributed by atoms with Crippen LogP contribution in [0.4, 0.5) is 0 Å². The normalized spacial score (nSPS) is 15.6. The third-order valence-corrected chi connectivity index (χ3v) is 3.82. The molecule has 0 aliphatic carbocycles. The van der Waals surface area contributed by atoms with Gasteiger partial charge in [-0.15, -0.1) is 0 Å². The Hall–Kier alpha value is 0.270. The summed E-state index contributed by atoms with van der Waals surface area (Å²) in [5.41, 5.74) is 5.83. The van der Waals surface area contributed by atoms with Crippen molar-refractivity contribution in [2.45, 2.75) is 51.6 Å². The minimum absolute atomic E-state index is 0.571. The molecular formula is C12H28N2S. The van der Waals surface area contributed by atoms with Crippen LogP contribution in [0.15, 0.2) is 0 Å². The quantitative estimate of drug-likeness (QED) is 0.662. The summed E-state index contributed by atoms with van der Waals surface area (Å²) in [6.45, 7) is 5.34. The van der Waals surface area contributed by atoms with Crippen molar-refractivity contribution in [3.05, 3.63) is 0 Å². The predicted octanol–water partition coefficient (Wildman–Crippen LogP) is 2.58. The summed E-state index contributed by atoms with van der Waals surface area (Å²) in [5.74, 6) is 1.25. The third-order valence-electron chi connectivity index (χ3n) is 3.17. The van der Waals surface area contributed by atoms with Crippen LogP contribution in [0.25, 0.3) is 0 Å². The van der Waals surface area contributed by atoms with E-state index in [4.69, 9.17) is 5.73 Å². The number of hydrogen-bond acceptors (Lipinski definition) is 3. The predicted molar refractivity (Wildman–Crippen MR) is 72.6 cm³/mol. The molecule has 0 aromatic carbocycles. The van der Waals surface area contributed by atoms with Crippen LogP contribution in [0.3, 0.4) is 0 Å². The highest BCUT2D eigenvalue weighted by Gasteiger charge is 2.17. The minimum atomic E-state index is 0.571. The maximum Gasteiger partial charge on any atom is 0.0218 e. The van der Waals surface area contributed by atoms with Crippen molar-refractivity contribution in [3.63, 3.8) is 0 Å². The molecule has 0 saturated heterocycles. The van der Waals surface area contributed by atoms with Crippen LogP contribution in [0.1, 0.15) is 39.5 Å². The fraction of sp³-hybridized carbons (Fsp3) is 1.00. The fourth-order valence-corrected chi connectivity index (χ4v) is 2.36. The summed E-state index contributed by atoms with van der Waals surface area (Å²) < 4.78 is 0. The van der Waals surface area contributed by atoms with Crippen molar-refractivity contribution < 1.29 is 0 Å². The van der Waals surface area contributed by atoms with Crippen LogP contribution in [0, 0.1) is 0 Å². The first-order valence-corrected chi connectivity index (χ1v) is 7.47. The number of likely N-dealkylation sites (N-methyl/N-ethyl adjacent to an activating group) is 1. The van der Waals surface area contributed by atoms with Crippen LogP contribution in [0.5, 0.6) is 0 Å². The van der Waals surface area contributed by atoms with Crippen molar-refractivity contribution in [2.75, 3.05) is 25.6 Å². The van der Waals surface area contributed by atoms with E-state index >= 15 is 0 Å². The molecule has 2 atom stereocenters. The first-order chi connectivity index (χ1) is 7.17. The van der Waals surface area contributed by atoms with Gasteiger partial charge in [-0.25, -0.2) is 0 Å². The van der Waals surface area contributed by atoms with Gasteiger partial charge in [0, 0.05) is 18.6 Å². The van der Waals surface area contributed by atoms with Crippen molar-refractivity contribution >= 4 is 11.8 Å². The van der Waals surface area contributed by atoms with Gasteiger partial charge in [-0.3, -0.25) is 4.90 Å². The molecule has 3 heteroatoms. The van der Waals surface area contributed by atoms with Crippen LogP contribution in [-0.2, 0) is 0 Å². The van der Waals surface area contributed by atoms with Crippen molar-refractivity contribution in [3.8, 4) is 0 Å². The molecular weight excluding hydrogens is 204 g/mol. The third kappa shape index (κ3) is 6.44. The summed E-state index contributed by atoms with van der Waals surface area (Å²) in [7, 11) is 2.22. The molecule has 0 radical (unpaired) electrons. The molecule has 92 valence electrons. The molecule has 0 spiro atoms. The molecule has 15 heavy (non-hydrogen) atoms. The Balaban J connectivity index is 3.93. The first-order valence-electron chi connectivity index (χ1n) is 6.08. The minimum Gasteiger partial charge on any atom is -0.329 e. The molecule has 0 amide bonds. The zero-order valence-electron chi connectivity index (χ0n) is 10.8. The fourth-order valence-electron chi connectivity index (χ4n) is 1.78. The van der Waals surface area contributed by atoms with Gasteiger partial charge < -0.3 is 5.73 Å². The van der Waals surface area contributed by atoms with Crippen LogP contribution in [-0.4, -0.2) is 42.6 Å². The largest absolute Gasteiger partial charge is 0.329 e. The maximum absolute atomic E-state index is 5.83. The smallest absolute Gasteiger partial charge is 0.0218 e. The van der Waals surface area contributed by atoms with Crippen LogP contribution < -0.4 is 5.73 Å². The zero-order chi connectivity index (χ0) is 11.7. The van der Waals surface area contributed by atoms with Gasteiger partial charge in [0.2, 0.25) is 0 Å². The average Bonchev–Trinajstić information content (AvgIpc) is 2.26. The van der Waals surface area contributed by atoms with Crippen molar-refractivity contribution in [1.29, 1.82) is 0 Å². The second-order valence-corrected chi connectivity index (χ2v) is 5.31. The Labute approximate surface area is 100.0 Å². The average molecular weight is 232 g/mol. The molecule has 2 unspecified atom stereocenters. The van der Waals surface area contributed by atoms with Gasteiger partial charge in [0.15, 0.2) is 0 Å². The van der Waals surface area contributed by atoms with Crippen LogP contribution >= 0.6 is 11.8 Å². The molecule has 0 aromatic rings. The van der Waals surface area contributed by atoms with Gasteiger partial charge in [0.25, 0.3) is 0 Å². The van der Waals surface area contributed by atoms with Gasteiger partial charge >= 0.3 is 0 Å². The monoisotopic (exact) mass is 232 g/mol. The number of rotatable bonds is 9. The highest BCUT2D eigenvalue weighted by atomic mass is 32.2. The molecule has 0 rings (SSSR count). The molecule has 0 aromatic heterocycles. The summed E-state index contributed by atoms with van der Waals surface area (Å²) in [6, 6.07) is 1.23. The number of nitrogens with zero attached hydrogens (tertiary/aromatic N) is 1. The van der Waals surface area contributed by atoms with Gasteiger partial charge in [-0.05, 0) is 38.8 Å². The lowest BCUT2D eigenvalue weighted by atomic mass is 10.1. The molecule has 0 fully saturated rings. The van der Waals surface area contributed by atoms with E-state index in [9.17, 15) is 0 Å². The highest BCUT2D eigenvalue weighted by molar-refractivity contribution is 7.98. The molecule has 0 heterocycles. The maximum atomic E-state index is 5.83. The van der Waals surface area contributed by atoms with E-state index in [-0.39, 0.29) is 0 Å². The Morgan fingerprint density at radius 2 is 2.00 bits per heavy atom. The Kier molecular flexibility index (Phi) is 9.66. The van der Waals surface area contributed by atoms with E-state index in [0.29, 0.717) is 12.1 Å². The van der Waals surface area contributed by atoms with Gasteiger partial charge in [0.05, 0.1) is 0 Å². The number of unbranched alkanes of at least 4 members (excludes halogenated alkanes) is 1. The second-order valence-electron chi connectivity index (χ2n) is 4.33. The highest BCUT2D eigenvalue weighted by Crippen LogP contribution is 2.13. The molecule has 0 aliphatic heterocycles. The lowest BCUT2D eigenvalue weighted by Crippen LogP contribution is -2.43. The molecule has 0 aliphatic rings. The molecule has 0 saturated carbocycles. The first kappa shape index (κ1) is 15.3. The summed E-state index contributed by atoms with van der Waals surface area (Å²) in [6.07, 6.45) is 7.24. The SMILES string of the molecule is CCCCC(CN)N(C)C(C)CCSC. The van der Waals surface area contributed by atoms with Crippen molar-refractivity contribution in [2.24, 2.45) is 5.73 Å². The van der Waals surface area contributed by atoms with Gasteiger partial charge in [-0.2, -0.15) is 11.8 Å². The van der Waals surface area contributed by atoms with Gasteiger partial charge in [-0.1, -0.05) is 19.8 Å². The zero-order valence-corrected chi connectivity index (χ0v) is 11.6.